The summed E-state index contributed by atoms with van der Waals surface area (Å²) in [6, 6.07) is 9.71. The molecule has 0 spiro atoms. The number of carbonyl (C=O) groups is 2. The highest BCUT2D eigenvalue weighted by Gasteiger charge is 2.20. The summed E-state index contributed by atoms with van der Waals surface area (Å²) in [5.41, 5.74) is 0.446. The van der Waals surface area contributed by atoms with Crippen LogP contribution in [0, 0.1) is 0 Å². The maximum atomic E-state index is 12.7. The highest BCUT2D eigenvalue weighted by molar-refractivity contribution is 9.09. The summed E-state index contributed by atoms with van der Waals surface area (Å²) in [6.45, 7) is 6.00. The Bertz CT molecular complexity index is 601. The van der Waals surface area contributed by atoms with Gasteiger partial charge in [0.25, 0.3) is 0 Å². The number of alkyl halides is 1. The Morgan fingerprint density at radius 1 is 0.900 bits per heavy atom. The highest BCUT2D eigenvalue weighted by atomic mass is 79.9. The molecule has 30 heavy (non-hydrogen) atoms. The summed E-state index contributed by atoms with van der Waals surface area (Å²) in [4.78, 5) is 30.5. The molecule has 0 atom stereocenters. The van der Waals surface area contributed by atoms with E-state index in [4.69, 9.17) is 9.57 Å². The van der Waals surface area contributed by atoms with E-state index in [-0.39, 0.29) is 24.8 Å². The zero-order valence-corrected chi connectivity index (χ0v) is 20.4. The van der Waals surface area contributed by atoms with Crippen LogP contribution in [-0.4, -0.2) is 34.4 Å². The van der Waals surface area contributed by atoms with Crippen LogP contribution in [0.25, 0.3) is 0 Å². The van der Waals surface area contributed by atoms with Gasteiger partial charge in [0.2, 0.25) is 5.91 Å². The number of nitrogens with zero attached hydrogens (tertiary/aromatic N) is 1. The number of rotatable bonds is 15. The average Bonchev–Trinajstić information content (AvgIpc) is 2.69. The summed E-state index contributed by atoms with van der Waals surface area (Å²) >= 11 is 3.45. The molecule has 0 unspecified atom stereocenters. The third-order valence-corrected chi connectivity index (χ3v) is 5.03. The second kappa shape index (κ2) is 15.4. The Hall–Kier alpha value is -1.40. The summed E-state index contributed by atoms with van der Waals surface area (Å²) in [5, 5.41) is 2.41. The fourth-order valence-corrected chi connectivity index (χ4v) is 3.35. The molecule has 0 heterocycles. The zero-order chi connectivity index (χ0) is 22.2. The first-order valence-corrected chi connectivity index (χ1v) is 12.2. The number of halogens is 1. The normalized spacial score (nSPS) is 11.3. The Balaban J connectivity index is 2.44. The first-order valence-electron chi connectivity index (χ1n) is 11.1. The van der Waals surface area contributed by atoms with Crippen molar-refractivity contribution in [1.82, 2.24) is 5.06 Å². The lowest BCUT2D eigenvalue weighted by molar-refractivity contribution is -0.194. The minimum Gasteiger partial charge on any atom is -0.460 e. The van der Waals surface area contributed by atoms with Gasteiger partial charge < -0.3 is 4.74 Å². The Morgan fingerprint density at radius 3 is 2.10 bits per heavy atom. The molecule has 0 aliphatic heterocycles. The fraction of sp³-hybridized carbons (Fsp3) is 0.667. The number of hydrogen-bond acceptors (Lipinski definition) is 4. The number of ether oxygens (including phenoxy) is 1. The fourth-order valence-electron chi connectivity index (χ4n) is 2.95. The first-order chi connectivity index (χ1) is 14.3. The van der Waals surface area contributed by atoms with Crippen molar-refractivity contribution in [3.05, 3.63) is 35.9 Å². The molecule has 0 radical (unpaired) electrons. The van der Waals surface area contributed by atoms with Gasteiger partial charge in [0, 0.05) is 11.8 Å². The van der Waals surface area contributed by atoms with Crippen LogP contribution < -0.4 is 0 Å². The van der Waals surface area contributed by atoms with Crippen molar-refractivity contribution in [2.24, 2.45) is 0 Å². The first kappa shape index (κ1) is 26.6. The van der Waals surface area contributed by atoms with Crippen molar-refractivity contribution in [3.63, 3.8) is 0 Å². The van der Waals surface area contributed by atoms with Gasteiger partial charge in [0.1, 0.15) is 12.2 Å². The van der Waals surface area contributed by atoms with Crippen molar-refractivity contribution in [1.29, 1.82) is 0 Å². The highest BCUT2D eigenvalue weighted by Crippen LogP contribution is 2.13. The van der Waals surface area contributed by atoms with Crippen LogP contribution in [0.4, 0.5) is 0 Å². The van der Waals surface area contributed by atoms with Crippen LogP contribution in [-0.2, 0) is 25.8 Å². The molecule has 6 heteroatoms. The van der Waals surface area contributed by atoms with Crippen LogP contribution in [0.5, 0.6) is 0 Å². The molecule has 5 nitrogen and oxygen atoms in total. The van der Waals surface area contributed by atoms with Crippen molar-refractivity contribution in [3.8, 4) is 0 Å². The lowest BCUT2D eigenvalue weighted by Gasteiger charge is -2.24. The molecule has 0 aliphatic carbocycles. The van der Waals surface area contributed by atoms with Crippen molar-refractivity contribution >= 4 is 27.8 Å². The van der Waals surface area contributed by atoms with Crippen molar-refractivity contribution in [2.45, 2.75) is 90.8 Å². The molecule has 0 aliphatic rings. The van der Waals surface area contributed by atoms with Crippen LogP contribution in [0.2, 0.25) is 0 Å². The van der Waals surface area contributed by atoms with E-state index in [1.54, 1.807) is 0 Å². The summed E-state index contributed by atoms with van der Waals surface area (Å²) in [5.74, 6) is -0.402. The van der Waals surface area contributed by atoms with E-state index in [1.807, 2.05) is 51.1 Å². The molecule has 0 bridgehead atoms. The van der Waals surface area contributed by atoms with Crippen molar-refractivity contribution < 1.29 is 19.2 Å². The van der Waals surface area contributed by atoms with Gasteiger partial charge in [-0.3, -0.25) is 14.4 Å². The topological polar surface area (TPSA) is 55.8 Å². The largest absolute Gasteiger partial charge is 0.460 e. The molecule has 0 saturated heterocycles. The number of unbranched alkanes of at least 4 members (excludes halogenated alkanes) is 6. The van der Waals surface area contributed by atoms with Crippen LogP contribution >= 0.6 is 15.9 Å². The zero-order valence-electron chi connectivity index (χ0n) is 18.8. The molecule has 1 rings (SSSR count). The molecule has 1 aromatic carbocycles. The minimum atomic E-state index is -0.536. The standard InChI is InChI=1S/C24H38BrNO4/c1-24(2,3)30-23(28)17-19-26(29-20-21-14-10-9-11-15-21)22(27)16-12-7-5-4-6-8-13-18-25/h9-11,14-15H,4-8,12-13,16-20H2,1-3H3. The average molecular weight is 484 g/mol. The Morgan fingerprint density at radius 2 is 1.50 bits per heavy atom. The van der Waals surface area contributed by atoms with Crippen LogP contribution in [0.1, 0.15) is 84.1 Å². The number of hydrogen-bond donors (Lipinski definition) is 0. The smallest absolute Gasteiger partial charge is 0.308 e. The SMILES string of the molecule is CC(C)(C)OC(=O)CCN(OCc1ccccc1)C(=O)CCCCCCCCCBr. The van der Waals surface area contributed by atoms with Gasteiger partial charge in [-0.1, -0.05) is 78.4 Å². The summed E-state index contributed by atoms with van der Waals surface area (Å²) in [7, 11) is 0. The lowest BCUT2D eigenvalue weighted by Crippen LogP contribution is -2.34. The van der Waals surface area contributed by atoms with Gasteiger partial charge in [-0.05, 0) is 39.2 Å². The van der Waals surface area contributed by atoms with E-state index in [1.165, 1.54) is 30.7 Å². The van der Waals surface area contributed by atoms with Gasteiger partial charge in [-0.15, -0.1) is 0 Å². The van der Waals surface area contributed by atoms with E-state index >= 15 is 0 Å². The number of hydroxylamine groups is 2. The summed E-state index contributed by atoms with van der Waals surface area (Å²) in [6.07, 6.45) is 8.54. The number of amides is 1. The van der Waals surface area contributed by atoms with Gasteiger partial charge >= 0.3 is 5.97 Å². The second-order valence-corrected chi connectivity index (χ2v) is 9.30. The molecule has 0 N–H and O–H groups in total. The predicted molar refractivity (Wildman–Crippen MR) is 124 cm³/mol. The Labute approximate surface area is 190 Å². The van der Waals surface area contributed by atoms with Gasteiger partial charge in [-0.25, -0.2) is 5.06 Å². The molecule has 0 saturated carbocycles. The van der Waals surface area contributed by atoms with Gasteiger partial charge in [-0.2, -0.15) is 0 Å². The number of benzene rings is 1. The maximum absolute atomic E-state index is 12.7. The summed E-state index contributed by atoms with van der Waals surface area (Å²) < 4.78 is 5.35. The monoisotopic (exact) mass is 483 g/mol. The van der Waals surface area contributed by atoms with E-state index in [9.17, 15) is 9.59 Å². The molecule has 0 aromatic heterocycles. The third-order valence-electron chi connectivity index (χ3n) is 4.47. The number of carbonyl (C=O) groups excluding carboxylic acids is 2. The van der Waals surface area contributed by atoms with E-state index in [2.05, 4.69) is 15.9 Å². The quantitative estimate of drug-likeness (QED) is 0.129. The molecule has 0 fully saturated rings. The molecule has 170 valence electrons. The van der Waals surface area contributed by atoms with E-state index < -0.39 is 5.60 Å². The second-order valence-electron chi connectivity index (χ2n) is 8.51. The minimum absolute atomic E-state index is 0.0752. The van der Waals surface area contributed by atoms with E-state index in [0.717, 1.165) is 30.2 Å². The van der Waals surface area contributed by atoms with Gasteiger partial charge in [0.15, 0.2) is 0 Å². The van der Waals surface area contributed by atoms with E-state index in [0.29, 0.717) is 13.0 Å². The number of esters is 1. The molecular formula is C24H38BrNO4. The third kappa shape index (κ3) is 13.8. The maximum Gasteiger partial charge on any atom is 0.308 e. The van der Waals surface area contributed by atoms with Crippen molar-refractivity contribution in [2.75, 3.05) is 11.9 Å². The Kier molecular flexibility index (Phi) is 13.7. The molecule has 1 aromatic rings. The lowest BCUT2D eigenvalue weighted by atomic mass is 10.1. The molecule has 1 amide bonds. The van der Waals surface area contributed by atoms with Crippen LogP contribution in [0.15, 0.2) is 30.3 Å². The van der Waals surface area contributed by atoms with Crippen LogP contribution in [0.3, 0.4) is 0 Å². The molecular weight excluding hydrogens is 446 g/mol. The predicted octanol–water partition coefficient (Wildman–Crippen LogP) is 6.19. The van der Waals surface area contributed by atoms with Gasteiger partial charge in [0.05, 0.1) is 13.0 Å².